The highest BCUT2D eigenvalue weighted by Crippen LogP contribution is 2.37. The van der Waals surface area contributed by atoms with E-state index < -0.39 is 29.4 Å². The number of carbonyl (C=O) groups excluding carboxylic acids is 1. The molecule has 0 saturated heterocycles. The van der Waals surface area contributed by atoms with E-state index >= 15 is 0 Å². The van der Waals surface area contributed by atoms with E-state index in [1.807, 2.05) is 6.07 Å². The highest BCUT2D eigenvalue weighted by molar-refractivity contribution is 5.74. The number of rotatable bonds is 7. The van der Waals surface area contributed by atoms with Crippen LogP contribution in [0, 0.1) is 11.3 Å². The summed E-state index contributed by atoms with van der Waals surface area (Å²) in [5.41, 5.74) is -1.18. The first-order chi connectivity index (χ1) is 16.3. The Balaban J connectivity index is 1.59. The second-order valence-electron chi connectivity index (χ2n) is 7.15. The molecule has 0 N–H and O–H groups in total. The van der Waals surface area contributed by atoms with Crippen LogP contribution in [0.2, 0.25) is 0 Å². The molecule has 0 amide bonds. The average molecular weight is 470 g/mol. The number of carboxylic acid groups (broad SMARTS) is 1. The molecule has 4 rings (SSSR count). The molecule has 3 aromatic carbocycles. The number of nitriles is 1. The van der Waals surface area contributed by atoms with E-state index in [0.29, 0.717) is 11.5 Å². The Morgan fingerprint density at radius 3 is 2.59 bits per heavy atom. The number of carbonyl (C=O) groups is 1. The topological polar surface area (TPSA) is 101 Å². The Labute approximate surface area is 191 Å². The van der Waals surface area contributed by atoms with E-state index in [2.05, 4.69) is 0 Å². The van der Waals surface area contributed by atoms with Gasteiger partial charge in [-0.05, 0) is 35.9 Å². The number of hydrogen-bond acceptors (Lipinski definition) is 7. The summed E-state index contributed by atoms with van der Waals surface area (Å²) in [6.45, 7) is 0.204. The maximum atomic E-state index is 13.4. The monoisotopic (exact) mass is 470 g/mol. The van der Waals surface area contributed by atoms with Crippen LogP contribution in [-0.4, -0.2) is 12.8 Å². The third-order valence-electron chi connectivity index (χ3n) is 4.92. The van der Waals surface area contributed by atoms with Crippen LogP contribution in [0.5, 0.6) is 23.0 Å². The lowest BCUT2D eigenvalue weighted by Crippen LogP contribution is -2.34. The largest absolute Gasteiger partial charge is 0.546 e. The van der Waals surface area contributed by atoms with E-state index in [1.54, 1.807) is 18.2 Å². The molecule has 0 saturated carbocycles. The van der Waals surface area contributed by atoms with Gasteiger partial charge in [0, 0.05) is 11.6 Å². The Hall–Kier alpha value is -4.39. The second-order valence-corrected chi connectivity index (χ2v) is 7.15. The van der Waals surface area contributed by atoms with Crippen LogP contribution < -0.4 is 24.1 Å². The molecular formula is C24H15F3NO6-. The second kappa shape index (κ2) is 9.23. The summed E-state index contributed by atoms with van der Waals surface area (Å²) in [6, 6.07) is 15.1. The van der Waals surface area contributed by atoms with Gasteiger partial charge in [-0.1, -0.05) is 24.3 Å². The van der Waals surface area contributed by atoms with Gasteiger partial charge in [0.1, 0.15) is 24.2 Å². The normalized spacial score (nSPS) is 13.1. The molecule has 10 heteroatoms. The van der Waals surface area contributed by atoms with E-state index in [4.69, 9.17) is 18.9 Å². The van der Waals surface area contributed by atoms with Crippen LogP contribution in [0.15, 0.2) is 60.7 Å². The predicted molar refractivity (Wildman–Crippen MR) is 108 cm³/mol. The summed E-state index contributed by atoms with van der Waals surface area (Å²) in [7, 11) is 0. The molecule has 0 spiro atoms. The fourth-order valence-corrected chi connectivity index (χ4v) is 3.33. The summed E-state index contributed by atoms with van der Waals surface area (Å²) in [4.78, 5) is 11.7. The molecule has 7 nitrogen and oxygen atoms in total. The molecule has 1 heterocycles. The lowest BCUT2D eigenvalue weighted by atomic mass is 10.0. The van der Waals surface area contributed by atoms with E-state index in [-0.39, 0.29) is 30.5 Å². The van der Waals surface area contributed by atoms with Crippen molar-refractivity contribution in [1.29, 1.82) is 5.26 Å². The molecule has 0 bridgehead atoms. The van der Waals surface area contributed by atoms with Gasteiger partial charge in [0.15, 0.2) is 17.6 Å². The molecule has 174 valence electrons. The summed E-state index contributed by atoms with van der Waals surface area (Å²) in [5.74, 6) is -0.799. The van der Waals surface area contributed by atoms with Gasteiger partial charge < -0.3 is 28.8 Å². The molecule has 0 aliphatic carbocycles. The maximum absolute atomic E-state index is 13.4. The van der Waals surface area contributed by atoms with Crippen molar-refractivity contribution in [2.45, 2.75) is 18.9 Å². The first-order valence-corrected chi connectivity index (χ1v) is 9.85. The molecule has 1 atom stereocenters. The fourth-order valence-electron chi connectivity index (χ4n) is 3.33. The number of alkyl halides is 3. The fraction of sp³-hybridized carbons (Fsp3) is 0.167. The van der Waals surface area contributed by atoms with Crippen molar-refractivity contribution in [3.05, 3.63) is 82.9 Å². The van der Waals surface area contributed by atoms with Crippen molar-refractivity contribution in [2.24, 2.45) is 0 Å². The van der Waals surface area contributed by atoms with Gasteiger partial charge >= 0.3 is 6.18 Å². The quantitative estimate of drug-likeness (QED) is 0.518. The minimum absolute atomic E-state index is 0.0861. The Kier molecular flexibility index (Phi) is 6.19. The van der Waals surface area contributed by atoms with Gasteiger partial charge in [0.05, 0.1) is 17.1 Å². The van der Waals surface area contributed by atoms with Gasteiger partial charge in [-0.15, -0.1) is 0 Å². The highest BCUT2D eigenvalue weighted by Gasteiger charge is 2.36. The van der Waals surface area contributed by atoms with Gasteiger partial charge in [0.25, 0.3) is 0 Å². The number of nitrogens with zero attached hydrogens (tertiary/aromatic N) is 1. The smallest absolute Gasteiger partial charge is 0.416 e. The van der Waals surface area contributed by atoms with Gasteiger partial charge in [0.2, 0.25) is 6.79 Å². The number of ether oxygens (including phenoxy) is 4. The molecule has 0 aromatic heterocycles. The predicted octanol–water partition coefficient (Wildman–Crippen LogP) is 3.75. The zero-order chi connectivity index (χ0) is 24.3. The molecule has 3 aromatic rings. The average Bonchev–Trinajstić information content (AvgIpc) is 3.28. The van der Waals surface area contributed by atoms with Crippen molar-refractivity contribution in [2.75, 3.05) is 6.79 Å². The number of aliphatic carboxylic acids is 1. The van der Waals surface area contributed by atoms with Crippen LogP contribution in [0.3, 0.4) is 0 Å². The Bertz CT molecular complexity index is 1270. The van der Waals surface area contributed by atoms with Crippen molar-refractivity contribution in [3.63, 3.8) is 0 Å². The third kappa shape index (κ3) is 4.83. The molecule has 34 heavy (non-hydrogen) atoms. The van der Waals surface area contributed by atoms with Crippen LogP contribution >= 0.6 is 0 Å². The molecular weight excluding hydrogens is 455 g/mol. The molecule has 1 unspecified atom stereocenters. The summed E-state index contributed by atoms with van der Waals surface area (Å²) >= 11 is 0. The molecule has 1 aliphatic rings. The van der Waals surface area contributed by atoms with E-state index in [9.17, 15) is 28.3 Å². The maximum Gasteiger partial charge on any atom is 0.416 e. The summed E-state index contributed by atoms with van der Waals surface area (Å²) in [6.07, 6.45) is -6.93. The lowest BCUT2D eigenvalue weighted by Gasteiger charge is -2.24. The Morgan fingerprint density at radius 2 is 1.85 bits per heavy atom. The van der Waals surface area contributed by atoms with Crippen molar-refractivity contribution in [1.82, 2.24) is 0 Å². The lowest BCUT2D eigenvalue weighted by molar-refractivity contribution is -0.314. The van der Waals surface area contributed by atoms with Crippen LogP contribution in [0.1, 0.15) is 28.4 Å². The minimum Gasteiger partial charge on any atom is -0.546 e. The van der Waals surface area contributed by atoms with Crippen LogP contribution in [-0.2, 0) is 17.6 Å². The number of carboxylic acids is 1. The molecule has 0 fully saturated rings. The summed E-state index contributed by atoms with van der Waals surface area (Å²) < 4.78 is 61.8. The SMILES string of the molecule is N#Cc1ccc(OCc2ccc3c(c2)OCO3)cc1OC(C(=O)[O-])c1ccccc1C(F)(F)F. The van der Waals surface area contributed by atoms with Crippen molar-refractivity contribution < 1.29 is 42.0 Å². The van der Waals surface area contributed by atoms with Gasteiger partial charge in [-0.2, -0.15) is 18.4 Å². The molecule has 0 radical (unpaired) electrons. The van der Waals surface area contributed by atoms with Crippen LogP contribution in [0.4, 0.5) is 13.2 Å². The first kappa shape index (κ1) is 22.8. The van der Waals surface area contributed by atoms with Gasteiger partial charge in [-0.3, -0.25) is 0 Å². The zero-order valence-corrected chi connectivity index (χ0v) is 17.3. The van der Waals surface area contributed by atoms with Crippen molar-refractivity contribution >= 4 is 5.97 Å². The van der Waals surface area contributed by atoms with E-state index in [1.165, 1.54) is 24.3 Å². The number of benzene rings is 3. The molecule has 1 aliphatic heterocycles. The number of fused-ring (bicyclic) bond motifs is 1. The Morgan fingerprint density at radius 1 is 1.09 bits per heavy atom. The van der Waals surface area contributed by atoms with E-state index in [0.717, 1.165) is 23.8 Å². The summed E-state index contributed by atoms with van der Waals surface area (Å²) in [5, 5.41) is 21.1. The highest BCUT2D eigenvalue weighted by atomic mass is 19.4. The third-order valence-corrected chi connectivity index (χ3v) is 4.92. The standard InChI is InChI=1S/C24H16F3NO6/c25-24(26,27)18-4-2-1-3-17(18)22(23(29)30)34-20-10-16(7-6-15(20)11-28)31-12-14-5-8-19-21(9-14)33-13-32-19/h1-10,22H,12-13H2,(H,29,30)/p-1. The minimum atomic E-state index is -4.82. The number of halogens is 3. The van der Waals surface area contributed by atoms with Gasteiger partial charge in [-0.25, -0.2) is 0 Å². The number of hydrogen-bond donors (Lipinski definition) is 0. The zero-order valence-electron chi connectivity index (χ0n) is 17.3. The first-order valence-electron chi connectivity index (χ1n) is 9.85. The van der Waals surface area contributed by atoms with Crippen molar-refractivity contribution in [3.8, 4) is 29.1 Å². The van der Waals surface area contributed by atoms with Crippen LogP contribution in [0.25, 0.3) is 0 Å².